The van der Waals surface area contributed by atoms with E-state index in [4.69, 9.17) is 10.5 Å². The van der Waals surface area contributed by atoms with Gasteiger partial charge in [-0.25, -0.2) is 4.68 Å². The molecule has 0 aromatic carbocycles. The molecule has 0 saturated carbocycles. The van der Waals surface area contributed by atoms with E-state index in [-0.39, 0.29) is 24.6 Å². The maximum absolute atomic E-state index is 11.9. The fourth-order valence-corrected chi connectivity index (χ4v) is 2.70. The van der Waals surface area contributed by atoms with Gasteiger partial charge in [-0.1, -0.05) is 5.21 Å². The molecule has 2 fully saturated rings. The van der Waals surface area contributed by atoms with Crippen molar-refractivity contribution < 1.29 is 9.53 Å². The predicted molar refractivity (Wildman–Crippen MR) is 62.4 cm³/mol. The van der Waals surface area contributed by atoms with Crippen LogP contribution in [0.25, 0.3) is 0 Å². The first kappa shape index (κ1) is 11.6. The van der Waals surface area contributed by atoms with Crippen molar-refractivity contribution in [3.05, 3.63) is 11.9 Å². The van der Waals surface area contributed by atoms with E-state index in [0.29, 0.717) is 18.3 Å². The molecule has 3 N–H and O–H groups in total. The Hall–Kier alpha value is -1.47. The summed E-state index contributed by atoms with van der Waals surface area (Å²) in [5, 5.41) is 10.7. The van der Waals surface area contributed by atoms with E-state index in [1.165, 1.54) is 4.68 Å². The summed E-state index contributed by atoms with van der Waals surface area (Å²) in [6.45, 7) is 0.517. The molecule has 2 aliphatic rings. The van der Waals surface area contributed by atoms with Gasteiger partial charge in [0, 0.05) is 6.54 Å². The highest BCUT2D eigenvalue weighted by atomic mass is 16.5. The van der Waals surface area contributed by atoms with Crippen LogP contribution in [0.2, 0.25) is 0 Å². The summed E-state index contributed by atoms with van der Waals surface area (Å²) in [6, 6.07) is 0.161. The van der Waals surface area contributed by atoms with Crippen LogP contribution in [0.3, 0.4) is 0 Å². The van der Waals surface area contributed by atoms with Crippen molar-refractivity contribution in [2.45, 2.75) is 50.6 Å². The van der Waals surface area contributed by atoms with E-state index in [9.17, 15) is 4.79 Å². The van der Waals surface area contributed by atoms with Crippen LogP contribution >= 0.6 is 0 Å². The summed E-state index contributed by atoms with van der Waals surface area (Å²) in [4.78, 5) is 11.9. The van der Waals surface area contributed by atoms with E-state index in [0.717, 1.165) is 19.3 Å². The molecule has 0 aliphatic carbocycles. The smallest absolute Gasteiger partial charge is 0.242 e. The van der Waals surface area contributed by atoms with Gasteiger partial charge in [-0.05, 0) is 19.3 Å². The maximum atomic E-state index is 11.9. The molecular formula is C11H17N5O2. The Morgan fingerprint density at radius 3 is 3.11 bits per heavy atom. The predicted octanol–water partition coefficient (Wildman–Crippen LogP) is -0.827. The normalized spacial score (nSPS) is 29.7. The van der Waals surface area contributed by atoms with Crippen LogP contribution in [0.4, 0.5) is 0 Å². The number of nitrogens with zero attached hydrogens (tertiary/aromatic N) is 3. The third-order valence-electron chi connectivity index (χ3n) is 3.55. The first-order valence-corrected chi connectivity index (χ1v) is 6.28. The first-order chi connectivity index (χ1) is 8.74. The number of carbonyl (C=O) groups excluding carboxylic acids is 1. The minimum absolute atomic E-state index is 0.0513. The van der Waals surface area contributed by atoms with Crippen LogP contribution in [0, 0.1) is 0 Å². The zero-order chi connectivity index (χ0) is 12.5. The summed E-state index contributed by atoms with van der Waals surface area (Å²) in [6.07, 6.45) is 5.35. The largest absolute Gasteiger partial charge is 0.373 e. The molecule has 7 nitrogen and oxygen atoms in total. The molecule has 0 spiro atoms. The van der Waals surface area contributed by atoms with Gasteiger partial charge in [-0.15, -0.1) is 5.10 Å². The molecule has 0 radical (unpaired) electrons. The van der Waals surface area contributed by atoms with Crippen molar-refractivity contribution in [1.29, 1.82) is 0 Å². The molecule has 2 saturated heterocycles. The van der Waals surface area contributed by atoms with Gasteiger partial charge in [0.05, 0.1) is 30.1 Å². The minimum atomic E-state index is -0.0513. The van der Waals surface area contributed by atoms with Gasteiger partial charge in [-0.3, -0.25) is 4.79 Å². The molecule has 1 aromatic rings. The number of nitrogens with one attached hydrogen (secondary N) is 1. The quantitative estimate of drug-likeness (QED) is 0.728. The van der Waals surface area contributed by atoms with Crippen molar-refractivity contribution in [1.82, 2.24) is 20.3 Å². The molecule has 7 heteroatoms. The van der Waals surface area contributed by atoms with Gasteiger partial charge in [0.15, 0.2) is 0 Å². The standard InChI is InChI=1S/C11H17N5O2/c12-4-7-5-16(15-14-7)6-11(17)13-9-3-8-1-2-10(9)18-8/h5,8-10H,1-4,6,12H2,(H,13,17). The highest BCUT2D eigenvalue weighted by Crippen LogP contribution is 2.34. The first-order valence-electron chi connectivity index (χ1n) is 6.28. The van der Waals surface area contributed by atoms with Gasteiger partial charge < -0.3 is 15.8 Å². The van der Waals surface area contributed by atoms with Crippen molar-refractivity contribution in [3.8, 4) is 0 Å². The maximum Gasteiger partial charge on any atom is 0.242 e. The Morgan fingerprint density at radius 2 is 2.50 bits per heavy atom. The average Bonchev–Trinajstić information content (AvgIpc) is 3.04. The molecule has 2 aliphatic heterocycles. The zero-order valence-electron chi connectivity index (χ0n) is 10.1. The zero-order valence-corrected chi connectivity index (χ0v) is 10.1. The number of rotatable bonds is 4. The number of hydrogen-bond donors (Lipinski definition) is 2. The average molecular weight is 251 g/mol. The van der Waals surface area contributed by atoms with Crippen LogP contribution in [-0.2, 0) is 22.6 Å². The van der Waals surface area contributed by atoms with Crippen LogP contribution in [0.5, 0.6) is 0 Å². The number of hydrogen-bond acceptors (Lipinski definition) is 5. The number of amides is 1. The topological polar surface area (TPSA) is 95.1 Å². The molecule has 1 amide bonds. The molecule has 3 rings (SSSR count). The number of aromatic nitrogens is 3. The highest BCUT2D eigenvalue weighted by molar-refractivity contribution is 5.76. The van der Waals surface area contributed by atoms with Crippen molar-refractivity contribution in [2.75, 3.05) is 0 Å². The Balaban J connectivity index is 1.52. The Morgan fingerprint density at radius 1 is 1.61 bits per heavy atom. The van der Waals surface area contributed by atoms with E-state index in [2.05, 4.69) is 15.6 Å². The number of carbonyl (C=O) groups is 1. The van der Waals surface area contributed by atoms with Crippen LogP contribution in [0.1, 0.15) is 25.0 Å². The summed E-state index contributed by atoms with van der Waals surface area (Å²) in [5.74, 6) is -0.0513. The van der Waals surface area contributed by atoms with Crippen LogP contribution in [-0.4, -0.2) is 39.2 Å². The molecular weight excluding hydrogens is 234 g/mol. The van der Waals surface area contributed by atoms with Gasteiger partial charge in [0.2, 0.25) is 5.91 Å². The third-order valence-corrected chi connectivity index (χ3v) is 3.55. The molecule has 2 bridgehead atoms. The fraction of sp³-hybridized carbons (Fsp3) is 0.727. The van der Waals surface area contributed by atoms with E-state index in [1.807, 2.05) is 0 Å². The lowest BCUT2D eigenvalue weighted by Crippen LogP contribution is -2.42. The number of nitrogens with two attached hydrogens (primary N) is 1. The number of fused-ring (bicyclic) bond motifs is 2. The SMILES string of the molecule is NCc1cn(CC(=O)NC2CC3CCC2O3)nn1. The van der Waals surface area contributed by atoms with Gasteiger partial charge in [0.25, 0.3) is 0 Å². The molecule has 98 valence electrons. The number of ether oxygens (including phenoxy) is 1. The summed E-state index contributed by atoms with van der Waals surface area (Å²) in [7, 11) is 0. The van der Waals surface area contributed by atoms with Crippen LogP contribution in [0.15, 0.2) is 6.20 Å². The lowest BCUT2D eigenvalue weighted by atomic mass is 9.95. The molecule has 1 aromatic heterocycles. The molecule has 18 heavy (non-hydrogen) atoms. The van der Waals surface area contributed by atoms with Crippen molar-refractivity contribution in [2.24, 2.45) is 5.73 Å². The Labute approximate surface area is 105 Å². The summed E-state index contributed by atoms with van der Waals surface area (Å²) in [5.41, 5.74) is 6.12. The molecule has 3 unspecified atom stereocenters. The Bertz CT molecular complexity index is 446. The third kappa shape index (κ3) is 2.23. The van der Waals surface area contributed by atoms with Crippen LogP contribution < -0.4 is 11.1 Å². The molecule has 3 heterocycles. The highest BCUT2D eigenvalue weighted by Gasteiger charge is 2.41. The minimum Gasteiger partial charge on any atom is -0.373 e. The van der Waals surface area contributed by atoms with Gasteiger partial charge in [0.1, 0.15) is 6.54 Å². The lowest BCUT2D eigenvalue weighted by molar-refractivity contribution is -0.123. The second kappa shape index (κ2) is 4.66. The van der Waals surface area contributed by atoms with E-state index in [1.54, 1.807) is 6.20 Å². The fourth-order valence-electron chi connectivity index (χ4n) is 2.70. The van der Waals surface area contributed by atoms with Gasteiger partial charge in [-0.2, -0.15) is 0 Å². The second-order valence-electron chi connectivity index (χ2n) is 4.90. The van der Waals surface area contributed by atoms with Crippen molar-refractivity contribution in [3.63, 3.8) is 0 Å². The van der Waals surface area contributed by atoms with Crippen molar-refractivity contribution >= 4 is 5.91 Å². The van der Waals surface area contributed by atoms with E-state index < -0.39 is 0 Å². The monoisotopic (exact) mass is 251 g/mol. The Kier molecular flexibility index (Phi) is 3.00. The second-order valence-corrected chi connectivity index (χ2v) is 4.90. The van der Waals surface area contributed by atoms with E-state index >= 15 is 0 Å². The lowest BCUT2D eigenvalue weighted by Gasteiger charge is -2.19. The molecule has 3 atom stereocenters. The summed E-state index contributed by atoms with van der Waals surface area (Å²) >= 11 is 0. The van der Waals surface area contributed by atoms with Gasteiger partial charge >= 0.3 is 0 Å². The summed E-state index contributed by atoms with van der Waals surface area (Å²) < 4.78 is 7.20.